The molecule has 0 saturated carbocycles. The van der Waals surface area contributed by atoms with Gasteiger partial charge in [0.2, 0.25) is 0 Å². The molecule has 5 rings (SSSR count). The minimum atomic E-state index is -0.0430. The van der Waals surface area contributed by atoms with E-state index in [2.05, 4.69) is 46.6 Å². The lowest BCUT2D eigenvalue weighted by molar-refractivity contribution is -0.134. The van der Waals surface area contributed by atoms with Crippen molar-refractivity contribution in [3.05, 3.63) is 83.9 Å². The second-order valence-corrected chi connectivity index (χ2v) is 9.11. The first-order valence-corrected chi connectivity index (χ1v) is 12.6. The fraction of sp³-hybridized carbons (Fsp3) is 0.345. The van der Waals surface area contributed by atoms with Gasteiger partial charge < -0.3 is 24.4 Å². The highest BCUT2D eigenvalue weighted by Crippen LogP contribution is 2.33. The second-order valence-electron chi connectivity index (χ2n) is 9.11. The molecule has 0 radical (unpaired) electrons. The number of anilines is 1. The van der Waals surface area contributed by atoms with Crippen LogP contribution in [-0.2, 0) is 17.9 Å². The molecule has 0 atom stereocenters. The largest absolute Gasteiger partial charge is 0.486 e. The van der Waals surface area contributed by atoms with Gasteiger partial charge in [0.1, 0.15) is 19.0 Å². The van der Waals surface area contributed by atoms with Crippen LogP contribution in [0.2, 0.25) is 0 Å². The molecule has 2 aliphatic heterocycles. The summed E-state index contributed by atoms with van der Waals surface area (Å²) in [5.74, 6) is 1.91. The molecule has 36 heavy (non-hydrogen) atoms. The Hall–Kier alpha value is -3.71. The Morgan fingerprint density at radius 1 is 0.889 bits per heavy atom. The van der Waals surface area contributed by atoms with Gasteiger partial charge in [0, 0.05) is 51.0 Å². The number of carbonyl (C=O) groups excluding carboxylic acids is 1. The number of nitrogens with one attached hydrogen (secondary N) is 1. The molecule has 0 fully saturated rings. The van der Waals surface area contributed by atoms with E-state index < -0.39 is 0 Å². The lowest BCUT2D eigenvalue weighted by atomic mass is 10.1. The first kappa shape index (κ1) is 24.0. The summed E-state index contributed by atoms with van der Waals surface area (Å²) < 4.78 is 17.1. The summed E-state index contributed by atoms with van der Waals surface area (Å²) in [5, 5.41) is 3.57. The van der Waals surface area contributed by atoms with Crippen molar-refractivity contribution >= 4 is 11.6 Å². The lowest BCUT2D eigenvalue weighted by Crippen LogP contribution is -2.40. The van der Waals surface area contributed by atoms with Gasteiger partial charge in [-0.25, -0.2) is 0 Å². The average Bonchev–Trinajstić information content (AvgIpc) is 2.96. The van der Waals surface area contributed by atoms with E-state index in [0.29, 0.717) is 43.6 Å². The SMILES string of the molecule is O=C(COc1ccc2c(c1)OCCO2)N1CCN(Cc2ccccc2)CCCNc2ccccc2C1. The zero-order valence-electron chi connectivity index (χ0n) is 20.5. The van der Waals surface area contributed by atoms with E-state index in [4.69, 9.17) is 14.2 Å². The number of hydrogen-bond acceptors (Lipinski definition) is 6. The van der Waals surface area contributed by atoms with Crippen LogP contribution in [0.1, 0.15) is 17.5 Å². The Morgan fingerprint density at radius 3 is 2.58 bits per heavy atom. The van der Waals surface area contributed by atoms with Gasteiger partial charge in [0.25, 0.3) is 5.91 Å². The Morgan fingerprint density at radius 2 is 1.69 bits per heavy atom. The summed E-state index contributed by atoms with van der Waals surface area (Å²) in [5.41, 5.74) is 3.48. The smallest absolute Gasteiger partial charge is 0.260 e. The van der Waals surface area contributed by atoms with Crippen molar-refractivity contribution in [2.45, 2.75) is 19.5 Å². The molecule has 0 bridgehead atoms. The van der Waals surface area contributed by atoms with Crippen LogP contribution in [0.3, 0.4) is 0 Å². The summed E-state index contributed by atoms with van der Waals surface area (Å²) in [7, 11) is 0. The van der Waals surface area contributed by atoms with Gasteiger partial charge in [-0.1, -0.05) is 48.5 Å². The Kier molecular flexibility index (Phi) is 7.88. The van der Waals surface area contributed by atoms with Crippen LogP contribution < -0.4 is 19.5 Å². The third kappa shape index (κ3) is 6.29. The van der Waals surface area contributed by atoms with Crippen LogP contribution in [-0.4, -0.2) is 61.7 Å². The maximum atomic E-state index is 13.4. The van der Waals surface area contributed by atoms with Gasteiger partial charge in [-0.15, -0.1) is 0 Å². The van der Waals surface area contributed by atoms with Crippen molar-refractivity contribution in [2.75, 3.05) is 51.3 Å². The third-order valence-corrected chi connectivity index (χ3v) is 6.51. The Balaban J connectivity index is 1.29. The van der Waals surface area contributed by atoms with Crippen LogP contribution in [0.15, 0.2) is 72.8 Å². The van der Waals surface area contributed by atoms with E-state index in [0.717, 1.165) is 43.9 Å². The predicted octanol–water partition coefficient (Wildman–Crippen LogP) is 4.18. The van der Waals surface area contributed by atoms with E-state index in [-0.39, 0.29) is 12.5 Å². The number of para-hydroxylation sites is 1. The van der Waals surface area contributed by atoms with Crippen LogP contribution in [0.5, 0.6) is 17.2 Å². The van der Waals surface area contributed by atoms with Gasteiger partial charge >= 0.3 is 0 Å². The molecule has 7 nitrogen and oxygen atoms in total. The molecule has 0 aromatic heterocycles. The summed E-state index contributed by atoms with van der Waals surface area (Å²) in [4.78, 5) is 17.7. The monoisotopic (exact) mass is 487 g/mol. The topological polar surface area (TPSA) is 63.3 Å². The third-order valence-electron chi connectivity index (χ3n) is 6.51. The molecule has 0 saturated heterocycles. The van der Waals surface area contributed by atoms with Gasteiger partial charge in [-0.2, -0.15) is 0 Å². The summed E-state index contributed by atoms with van der Waals surface area (Å²) in [6.07, 6.45) is 1.03. The quantitative estimate of drug-likeness (QED) is 0.583. The number of amides is 1. The van der Waals surface area contributed by atoms with Crippen molar-refractivity contribution in [1.29, 1.82) is 0 Å². The van der Waals surface area contributed by atoms with Crippen LogP contribution in [0, 0.1) is 0 Å². The van der Waals surface area contributed by atoms with Gasteiger partial charge in [-0.05, 0) is 35.7 Å². The minimum Gasteiger partial charge on any atom is -0.486 e. The van der Waals surface area contributed by atoms with E-state index in [1.807, 2.05) is 35.2 Å². The van der Waals surface area contributed by atoms with Crippen molar-refractivity contribution in [1.82, 2.24) is 9.80 Å². The van der Waals surface area contributed by atoms with Crippen LogP contribution in [0.4, 0.5) is 5.69 Å². The molecule has 188 valence electrons. The summed E-state index contributed by atoms with van der Waals surface area (Å²) in [6.45, 7) is 5.69. The molecule has 0 aliphatic carbocycles. The number of benzene rings is 3. The average molecular weight is 488 g/mol. The van der Waals surface area contributed by atoms with E-state index in [9.17, 15) is 4.79 Å². The summed E-state index contributed by atoms with van der Waals surface area (Å²) >= 11 is 0. The second kappa shape index (κ2) is 11.8. The molecular weight excluding hydrogens is 454 g/mol. The highest BCUT2D eigenvalue weighted by molar-refractivity contribution is 5.78. The van der Waals surface area contributed by atoms with Gasteiger partial charge in [0.05, 0.1) is 0 Å². The van der Waals surface area contributed by atoms with Gasteiger partial charge in [0.15, 0.2) is 18.1 Å². The lowest BCUT2D eigenvalue weighted by Gasteiger charge is -2.28. The van der Waals surface area contributed by atoms with Crippen molar-refractivity contribution < 1.29 is 19.0 Å². The zero-order chi connectivity index (χ0) is 24.6. The fourth-order valence-electron chi connectivity index (χ4n) is 4.58. The first-order valence-electron chi connectivity index (χ1n) is 12.6. The minimum absolute atomic E-state index is 0.0338. The van der Waals surface area contributed by atoms with Gasteiger partial charge in [-0.3, -0.25) is 9.69 Å². The molecule has 7 heteroatoms. The molecule has 0 unspecified atom stereocenters. The number of hydrogen-bond donors (Lipinski definition) is 1. The van der Waals surface area contributed by atoms with Crippen molar-refractivity contribution in [3.63, 3.8) is 0 Å². The first-order chi connectivity index (χ1) is 17.7. The maximum absolute atomic E-state index is 13.4. The highest BCUT2D eigenvalue weighted by Gasteiger charge is 2.20. The van der Waals surface area contributed by atoms with Crippen molar-refractivity contribution in [3.8, 4) is 17.2 Å². The maximum Gasteiger partial charge on any atom is 0.260 e. The molecule has 3 aromatic carbocycles. The van der Waals surface area contributed by atoms with Crippen LogP contribution in [0.25, 0.3) is 0 Å². The van der Waals surface area contributed by atoms with E-state index in [1.165, 1.54) is 5.56 Å². The predicted molar refractivity (Wildman–Crippen MR) is 140 cm³/mol. The van der Waals surface area contributed by atoms with Crippen molar-refractivity contribution in [2.24, 2.45) is 0 Å². The molecule has 3 aromatic rings. The number of nitrogens with zero attached hydrogens (tertiary/aromatic N) is 2. The summed E-state index contributed by atoms with van der Waals surface area (Å²) in [6, 6.07) is 24.2. The molecule has 1 amide bonds. The van der Waals surface area contributed by atoms with Crippen LogP contribution >= 0.6 is 0 Å². The standard InChI is InChI=1S/C29H33N3O4/c33-29(22-36-25-11-12-27-28(19-25)35-18-17-34-27)32-16-15-31(20-23-7-2-1-3-8-23)14-6-13-30-26-10-5-4-9-24(26)21-32/h1-5,7-12,19,30H,6,13-18,20-22H2. The Labute approximate surface area is 212 Å². The molecule has 1 N–H and O–H groups in total. The highest BCUT2D eigenvalue weighted by atomic mass is 16.6. The van der Waals surface area contributed by atoms with E-state index >= 15 is 0 Å². The normalized spacial score (nSPS) is 16.3. The number of carbonyl (C=O) groups is 1. The number of rotatable bonds is 5. The molecule has 2 aliphatic rings. The Bertz CT molecular complexity index is 1150. The molecular formula is C29H33N3O4. The molecule has 2 heterocycles. The fourth-order valence-corrected chi connectivity index (χ4v) is 4.58. The number of fused-ring (bicyclic) bond motifs is 2. The molecule has 0 spiro atoms. The van der Waals surface area contributed by atoms with E-state index in [1.54, 1.807) is 6.07 Å². The zero-order valence-corrected chi connectivity index (χ0v) is 20.5. The number of ether oxygens (including phenoxy) is 3.